The Labute approximate surface area is 88.3 Å². The molecule has 74 valence electrons. The number of halogens is 1. The SMILES string of the molecule is COCCNc1cccc(Cl)c1C#N. The molecule has 0 fully saturated rings. The number of hydrogen-bond donors (Lipinski definition) is 1. The Kier molecular flexibility index (Phi) is 4.24. The first-order valence-corrected chi connectivity index (χ1v) is 4.59. The number of methoxy groups -OCH3 is 1. The van der Waals surface area contributed by atoms with E-state index in [4.69, 9.17) is 21.6 Å². The Morgan fingerprint density at radius 1 is 1.57 bits per heavy atom. The highest BCUT2D eigenvalue weighted by molar-refractivity contribution is 6.32. The summed E-state index contributed by atoms with van der Waals surface area (Å²) < 4.78 is 4.89. The van der Waals surface area contributed by atoms with Crippen LogP contribution in [0.5, 0.6) is 0 Å². The van der Waals surface area contributed by atoms with Gasteiger partial charge in [-0.25, -0.2) is 0 Å². The summed E-state index contributed by atoms with van der Waals surface area (Å²) in [6.07, 6.45) is 0. The molecule has 0 radical (unpaired) electrons. The third-order valence-corrected chi connectivity index (χ3v) is 2.06. The average Bonchev–Trinajstić information content (AvgIpc) is 2.18. The molecule has 1 N–H and O–H groups in total. The summed E-state index contributed by atoms with van der Waals surface area (Å²) in [6.45, 7) is 1.25. The molecule has 1 aromatic rings. The van der Waals surface area contributed by atoms with E-state index in [0.717, 1.165) is 5.69 Å². The Morgan fingerprint density at radius 2 is 2.36 bits per heavy atom. The number of nitrogens with one attached hydrogen (secondary N) is 1. The summed E-state index contributed by atoms with van der Waals surface area (Å²) in [5.74, 6) is 0. The van der Waals surface area contributed by atoms with Gasteiger partial charge in [0.1, 0.15) is 6.07 Å². The molecule has 0 atom stereocenters. The van der Waals surface area contributed by atoms with Gasteiger partial charge in [0.2, 0.25) is 0 Å². The number of nitrogens with zero attached hydrogens (tertiary/aromatic N) is 1. The van der Waals surface area contributed by atoms with Crippen LogP contribution < -0.4 is 5.32 Å². The van der Waals surface area contributed by atoms with Crippen molar-refractivity contribution in [1.82, 2.24) is 0 Å². The van der Waals surface area contributed by atoms with E-state index >= 15 is 0 Å². The molecule has 0 bridgehead atoms. The lowest BCUT2D eigenvalue weighted by molar-refractivity contribution is 0.211. The number of rotatable bonds is 4. The Morgan fingerprint density at radius 3 is 3.00 bits per heavy atom. The maximum atomic E-state index is 8.85. The van der Waals surface area contributed by atoms with Crippen LogP contribution in [-0.4, -0.2) is 20.3 Å². The Balaban J connectivity index is 2.76. The van der Waals surface area contributed by atoms with Gasteiger partial charge in [0.25, 0.3) is 0 Å². The average molecular weight is 211 g/mol. The molecule has 3 nitrogen and oxygen atoms in total. The Bertz CT molecular complexity index is 346. The van der Waals surface area contributed by atoms with Gasteiger partial charge in [0.05, 0.1) is 22.9 Å². The number of hydrogen-bond acceptors (Lipinski definition) is 3. The van der Waals surface area contributed by atoms with Crippen LogP contribution in [0, 0.1) is 11.3 Å². The van der Waals surface area contributed by atoms with Crippen molar-refractivity contribution >= 4 is 17.3 Å². The molecule has 0 aliphatic heterocycles. The van der Waals surface area contributed by atoms with Crippen molar-refractivity contribution in [2.75, 3.05) is 25.6 Å². The minimum Gasteiger partial charge on any atom is -0.383 e. The summed E-state index contributed by atoms with van der Waals surface area (Å²) in [5, 5.41) is 12.4. The first-order chi connectivity index (χ1) is 6.79. The normalized spacial score (nSPS) is 9.50. The van der Waals surface area contributed by atoms with Crippen LogP contribution in [0.2, 0.25) is 5.02 Å². The fourth-order valence-corrected chi connectivity index (χ4v) is 1.29. The third-order valence-electron chi connectivity index (χ3n) is 1.75. The van der Waals surface area contributed by atoms with E-state index < -0.39 is 0 Å². The highest BCUT2D eigenvalue weighted by Crippen LogP contribution is 2.22. The molecule has 0 heterocycles. The molecule has 0 aliphatic rings. The zero-order valence-electron chi connectivity index (χ0n) is 7.88. The predicted molar refractivity (Wildman–Crippen MR) is 56.5 cm³/mol. The lowest BCUT2D eigenvalue weighted by Crippen LogP contribution is -2.08. The van der Waals surface area contributed by atoms with Gasteiger partial charge in [-0.05, 0) is 12.1 Å². The lowest BCUT2D eigenvalue weighted by Gasteiger charge is -2.07. The molecule has 0 spiro atoms. The minimum absolute atomic E-state index is 0.468. The van der Waals surface area contributed by atoms with Crippen LogP contribution in [0.25, 0.3) is 0 Å². The lowest BCUT2D eigenvalue weighted by atomic mass is 10.2. The molecule has 1 rings (SSSR count). The van der Waals surface area contributed by atoms with Crippen molar-refractivity contribution in [3.63, 3.8) is 0 Å². The van der Waals surface area contributed by atoms with E-state index in [0.29, 0.717) is 23.7 Å². The van der Waals surface area contributed by atoms with Gasteiger partial charge in [-0.3, -0.25) is 0 Å². The zero-order valence-corrected chi connectivity index (χ0v) is 8.64. The smallest absolute Gasteiger partial charge is 0.103 e. The highest BCUT2D eigenvalue weighted by Gasteiger charge is 2.04. The maximum absolute atomic E-state index is 8.85. The first-order valence-electron chi connectivity index (χ1n) is 4.21. The summed E-state index contributed by atoms with van der Waals surface area (Å²) >= 11 is 5.85. The predicted octanol–water partition coefficient (Wildman–Crippen LogP) is 2.27. The molecule has 1 aromatic carbocycles. The quantitative estimate of drug-likeness (QED) is 0.776. The standard InChI is InChI=1S/C10H11ClN2O/c1-14-6-5-13-10-4-2-3-9(11)8(10)7-12/h2-4,13H,5-6H2,1H3. The molecular formula is C10H11ClN2O. The van der Waals surface area contributed by atoms with Gasteiger partial charge in [-0.1, -0.05) is 17.7 Å². The van der Waals surface area contributed by atoms with E-state index in [1.807, 2.05) is 6.07 Å². The van der Waals surface area contributed by atoms with Crippen molar-refractivity contribution in [2.24, 2.45) is 0 Å². The molecular weight excluding hydrogens is 200 g/mol. The summed E-state index contributed by atoms with van der Waals surface area (Å²) in [5.41, 5.74) is 1.22. The topological polar surface area (TPSA) is 45.0 Å². The molecule has 0 unspecified atom stereocenters. The number of anilines is 1. The number of nitriles is 1. The van der Waals surface area contributed by atoms with Crippen LogP contribution in [0.1, 0.15) is 5.56 Å². The van der Waals surface area contributed by atoms with E-state index in [9.17, 15) is 0 Å². The fourth-order valence-electron chi connectivity index (χ4n) is 1.07. The molecule has 0 saturated heterocycles. The second kappa shape index (κ2) is 5.48. The van der Waals surface area contributed by atoms with Crippen molar-refractivity contribution in [3.8, 4) is 6.07 Å². The second-order valence-corrected chi connectivity index (χ2v) is 3.10. The van der Waals surface area contributed by atoms with Crippen LogP contribution in [0.15, 0.2) is 18.2 Å². The highest BCUT2D eigenvalue weighted by atomic mass is 35.5. The fraction of sp³-hybridized carbons (Fsp3) is 0.300. The zero-order chi connectivity index (χ0) is 10.4. The van der Waals surface area contributed by atoms with E-state index in [2.05, 4.69) is 11.4 Å². The molecule has 14 heavy (non-hydrogen) atoms. The monoisotopic (exact) mass is 210 g/mol. The summed E-state index contributed by atoms with van der Waals surface area (Å²) in [6, 6.07) is 7.37. The summed E-state index contributed by atoms with van der Waals surface area (Å²) in [4.78, 5) is 0. The van der Waals surface area contributed by atoms with Crippen molar-refractivity contribution in [1.29, 1.82) is 5.26 Å². The van der Waals surface area contributed by atoms with E-state index in [1.54, 1.807) is 19.2 Å². The Hall–Kier alpha value is -1.24. The maximum Gasteiger partial charge on any atom is 0.103 e. The molecule has 4 heteroatoms. The van der Waals surface area contributed by atoms with Gasteiger partial charge in [0.15, 0.2) is 0 Å². The van der Waals surface area contributed by atoms with Gasteiger partial charge < -0.3 is 10.1 Å². The van der Waals surface area contributed by atoms with Crippen LogP contribution in [0.4, 0.5) is 5.69 Å². The van der Waals surface area contributed by atoms with Gasteiger partial charge in [-0.15, -0.1) is 0 Å². The number of ether oxygens (including phenoxy) is 1. The number of benzene rings is 1. The van der Waals surface area contributed by atoms with Crippen molar-refractivity contribution in [3.05, 3.63) is 28.8 Å². The van der Waals surface area contributed by atoms with E-state index in [1.165, 1.54) is 0 Å². The van der Waals surface area contributed by atoms with Crippen LogP contribution in [0.3, 0.4) is 0 Å². The van der Waals surface area contributed by atoms with Crippen LogP contribution in [-0.2, 0) is 4.74 Å². The van der Waals surface area contributed by atoms with Crippen LogP contribution >= 0.6 is 11.6 Å². The minimum atomic E-state index is 0.468. The largest absolute Gasteiger partial charge is 0.383 e. The van der Waals surface area contributed by atoms with Gasteiger partial charge >= 0.3 is 0 Å². The van der Waals surface area contributed by atoms with Gasteiger partial charge in [-0.2, -0.15) is 5.26 Å². The first kappa shape index (κ1) is 10.8. The van der Waals surface area contributed by atoms with Crippen molar-refractivity contribution < 1.29 is 4.74 Å². The van der Waals surface area contributed by atoms with E-state index in [-0.39, 0.29) is 0 Å². The molecule has 0 aliphatic carbocycles. The molecule has 0 amide bonds. The summed E-state index contributed by atoms with van der Waals surface area (Å²) in [7, 11) is 1.63. The van der Waals surface area contributed by atoms with Crippen molar-refractivity contribution in [2.45, 2.75) is 0 Å². The second-order valence-electron chi connectivity index (χ2n) is 2.69. The molecule has 0 saturated carbocycles. The third kappa shape index (κ3) is 2.63. The molecule has 0 aromatic heterocycles. The van der Waals surface area contributed by atoms with Gasteiger partial charge in [0, 0.05) is 13.7 Å².